The molecule has 2 aromatic rings. The van der Waals surface area contributed by atoms with Gasteiger partial charge < -0.3 is 10.6 Å². The molecule has 0 radical (unpaired) electrons. The third-order valence-corrected chi connectivity index (χ3v) is 5.23. The number of aromatic nitrogens is 1. The Labute approximate surface area is 145 Å². The van der Waals surface area contributed by atoms with E-state index >= 15 is 0 Å². The van der Waals surface area contributed by atoms with Gasteiger partial charge in [0.2, 0.25) is 11.8 Å². The number of fused-ring (bicyclic) bond motifs is 1. The first-order valence-corrected chi connectivity index (χ1v) is 9.01. The van der Waals surface area contributed by atoms with Crippen molar-refractivity contribution in [3.8, 4) is 0 Å². The number of amides is 2. The second-order valence-electron chi connectivity index (χ2n) is 6.19. The summed E-state index contributed by atoms with van der Waals surface area (Å²) in [5, 5.41) is 6.61. The highest BCUT2D eigenvalue weighted by Crippen LogP contribution is 2.21. The highest BCUT2D eigenvalue weighted by molar-refractivity contribution is 7.18. The Hall–Kier alpha value is -1.99. The average Bonchev–Trinajstić information content (AvgIpc) is 2.97. The lowest BCUT2D eigenvalue weighted by atomic mass is 10.1. The lowest BCUT2D eigenvalue weighted by Gasteiger charge is -2.37. The Balaban J connectivity index is 1.59. The number of rotatable bonds is 5. The van der Waals surface area contributed by atoms with E-state index in [-0.39, 0.29) is 24.3 Å². The lowest BCUT2D eigenvalue weighted by molar-refractivity contribution is -0.134. The minimum atomic E-state index is -0.394. The molecule has 0 spiro atoms. The van der Waals surface area contributed by atoms with Gasteiger partial charge in [0.1, 0.15) is 5.01 Å². The van der Waals surface area contributed by atoms with Crippen LogP contribution in [0.4, 0.5) is 0 Å². The highest BCUT2D eigenvalue weighted by atomic mass is 32.1. The van der Waals surface area contributed by atoms with Crippen molar-refractivity contribution in [1.29, 1.82) is 0 Å². The maximum absolute atomic E-state index is 12.3. The van der Waals surface area contributed by atoms with Crippen molar-refractivity contribution in [2.45, 2.75) is 38.9 Å². The van der Waals surface area contributed by atoms with Gasteiger partial charge in [-0.1, -0.05) is 12.1 Å². The minimum absolute atomic E-state index is 0.0647. The van der Waals surface area contributed by atoms with Crippen LogP contribution in [0, 0.1) is 0 Å². The van der Waals surface area contributed by atoms with Crippen LogP contribution < -0.4 is 10.6 Å². The molecule has 1 aliphatic rings. The van der Waals surface area contributed by atoms with E-state index in [1.54, 1.807) is 11.3 Å². The van der Waals surface area contributed by atoms with E-state index in [9.17, 15) is 9.59 Å². The van der Waals surface area contributed by atoms with Crippen LogP contribution in [0.5, 0.6) is 0 Å². The first kappa shape index (κ1) is 16.9. The second kappa shape index (κ2) is 7.27. The fraction of sp³-hybridized carbons (Fsp3) is 0.471. The number of para-hydroxylation sites is 1. The van der Waals surface area contributed by atoms with Gasteiger partial charge in [0, 0.05) is 19.1 Å². The van der Waals surface area contributed by atoms with Crippen molar-refractivity contribution in [1.82, 2.24) is 20.5 Å². The van der Waals surface area contributed by atoms with Crippen LogP contribution in [-0.2, 0) is 16.1 Å². The van der Waals surface area contributed by atoms with Crippen molar-refractivity contribution in [3.63, 3.8) is 0 Å². The van der Waals surface area contributed by atoms with Gasteiger partial charge in [0.05, 0.1) is 29.2 Å². The molecule has 2 N–H and O–H groups in total. The number of nitrogens with one attached hydrogen (secondary N) is 2. The smallest absolute Gasteiger partial charge is 0.237 e. The summed E-state index contributed by atoms with van der Waals surface area (Å²) in [6, 6.07) is 7.75. The van der Waals surface area contributed by atoms with Gasteiger partial charge in [0.15, 0.2) is 0 Å². The molecular formula is C17H22N4O2S. The molecule has 0 saturated carbocycles. The van der Waals surface area contributed by atoms with Crippen molar-refractivity contribution < 1.29 is 9.59 Å². The zero-order chi connectivity index (χ0) is 17.1. The third-order valence-electron chi connectivity index (χ3n) is 4.19. The number of nitrogens with zero attached hydrogens (tertiary/aromatic N) is 2. The standard InChI is InChI=1S/C17H22N4O2S/c1-11(2)21-8-7-18-17(23)13(21)9-15(22)19-10-16-20-12-5-3-4-6-14(12)24-16/h3-6,11,13H,7-10H2,1-2H3,(H,18,23)(H,19,22)/t13-/m0/s1. The number of carbonyl (C=O) groups excluding carboxylic acids is 2. The molecule has 2 amide bonds. The topological polar surface area (TPSA) is 74.3 Å². The van der Waals surface area contributed by atoms with Crippen LogP contribution in [0.2, 0.25) is 0 Å². The zero-order valence-electron chi connectivity index (χ0n) is 13.9. The Morgan fingerprint density at radius 3 is 3.00 bits per heavy atom. The van der Waals surface area contributed by atoms with E-state index in [1.807, 2.05) is 38.1 Å². The van der Waals surface area contributed by atoms with E-state index in [4.69, 9.17) is 0 Å². The van der Waals surface area contributed by atoms with Gasteiger partial charge in [-0.25, -0.2) is 4.98 Å². The van der Waals surface area contributed by atoms with E-state index in [0.717, 1.165) is 21.8 Å². The van der Waals surface area contributed by atoms with E-state index < -0.39 is 6.04 Å². The monoisotopic (exact) mass is 346 g/mol. The number of hydrogen-bond donors (Lipinski definition) is 2. The summed E-state index contributed by atoms with van der Waals surface area (Å²) < 4.78 is 1.11. The molecule has 0 bridgehead atoms. The second-order valence-corrected chi connectivity index (χ2v) is 7.31. The van der Waals surface area contributed by atoms with Gasteiger partial charge in [-0.3, -0.25) is 14.5 Å². The Kier molecular flexibility index (Phi) is 5.11. The number of hydrogen-bond acceptors (Lipinski definition) is 5. The largest absolute Gasteiger partial charge is 0.353 e. The molecule has 7 heteroatoms. The zero-order valence-corrected chi connectivity index (χ0v) is 14.7. The molecule has 0 unspecified atom stereocenters. The average molecular weight is 346 g/mol. The first-order valence-electron chi connectivity index (χ1n) is 8.19. The fourth-order valence-electron chi connectivity index (χ4n) is 2.98. The molecule has 24 heavy (non-hydrogen) atoms. The van der Waals surface area contributed by atoms with E-state index in [0.29, 0.717) is 13.1 Å². The molecule has 1 aromatic carbocycles. The van der Waals surface area contributed by atoms with Crippen LogP contribution >= 0.6 is 11.3 Å². The van der Waals surface area contributed by atoms with Crippen LogP contribution in [-0.4, -0.2) is 46.9 Å². The van der Waals surface area contributed by atoms with Gasteiger partial charge in [-0.05, 0) is 26.0 Å². The molecule has 2 heterocycles. The molecule has 1 saturated heterocycles. The minimum Gasteiger partial charge on any atom is -0.353 e. The number of benzene rings is 1. The Morgan fingerprint density at radius 1 is 1.46 bits per heavy atom. The number of thiazole rings is 1. The SMILES string of the molecule is CC(C)N1CCNC(=O)[C@@H]1CC(=O)NCc1nc2ccccc2s1. The third kappa shape index (κ3) is 3.73. The van der Waals surface area contributed by atoms with Crippen molar-refractivity contribution >= 4 is 33.4 Å². The van der Waals surface area contributed by atoms with Gasteiger partial charge >= 0.3 is 0 Å². The quantitative estimate of drug-likeness (QED) is 0.861. The van der Waals surface area contributed by atoms with E-state index in [2.05, 4.69) is 20.5 Å². The van der Waals surface area contributed by atoms with Crippen molar-refractivity contribution in [2.24, 2.45) is 0 Å². The maximum atomic E-state index is 12.3. The Bertz CT molecular complexity index is 710. The number of carbonyl (C=O) groups is 2. The maximum Gasteiger partial charge on any atom is 0.237 e. The molecular weight excluding hydrogens is 324 g/mol. The Morgan fingerprint density at radius 2 is 2.25 bits per heavy atom. The van der Waals surface area contributed by atoms with Gasteiger partial charge in [0.25, 0.3) is 0 Å². The molecule has 1 fully saturated rings. The molecule has 1 atom stereocenters. The summed E-state index contributed by atoms with van der Waals surface area (Å²) in [7, 11) is 0. The lowest BCUT2D eigenvalue weighted by Crippen LogP contribution is -2.58. The van der Waals surface area contributed by atoms with Gasteiger partial charge in [-0.2, -0.15) is 0 Å². The predicted molar refractivity (Wildman–Crippen MR) is 94.7 cm³/mol. The van der Waals surface area contributed by atoms with Crippen molar-refractivity contribution in [2.75, 3.05) is 13.1 Å². The molecule has 1 aromatic heterocycles. The summed E-state index contributed by atoms with van der Waals surface area (Å²) in [6.45, 7) is 5.91. The molecule has 0 aliphatic carbocycles. The molecule has 3 rings (SSSR count). The highest BCUT2D eigenvalue weighted by Gasteiger charge is 2.32. The fourth-order valence-corrected chi connectivity index (χ4v) is 3.89. The molecule has 1 aliphatic heterocycles. The van der Waals surface area contributed by atoms with Gasteiger partial charge in [-0.15, -0.1) is 11.3 Å². The van der Waals surface area contributed by atoms with Crippen LogP contribution in [0.15, 0.2) is 24.3 Å². The summed E-state index contributed by atoms with van der Waals surface area (Å²) in [5.41, 5.74) is 0.949. The van der Waals surface area contributed by atoms with Crippen LogP contribution in [0.1, 0.15) is 25.3 Å². The normalized spacial score (nSPS) is 18.8. The first-order chi connectivity index (χ1) is 11.5. The summed E-state index contributed by atoms with van der Waals surface area (Å²) in [4.78, 5) is 30.9. The number of piperazine rings is 1. The van der Waals surface area contributed by atoms with Crippen molar-refractivity contribution in [3.05, 3.63) is 29.3 Å². The summed E-state index contributed by atoms with van der Waals surface area (Å²) >= 11 is 1.58. The molecule has 128 valence electrons. The van der Waals surface area contributed by atoms with Crippen LogP contribution in [0.25, 0.3) is 10.2 Å². The predicted octanol–water partition coefficient (Wildman–Crippen LogP) is 1.51. The summed E-state index contributed by atoms with van der Waals surface area (Å²) in [6.07, 6.45) is 0.176. The summed E-state index contributed by atoms with van der Waals surface area (Å²) in [5.74, 6) is -0.188. The van der Waals surface area contributed by atoms with E-state index in [1.165, 1.54) is 0 Å². The molecule has 6 nitrogen and oxygen atoms in total. The van der Waals surface area contributed by atoms with Crippen LogP contribution in [0.3, 0.4) is 0 Å².